The number of rotatable bonds is 4. The van der Waals surface area contributed by atoms with Crippen LogP contribution in [0.15, 0.2) is 66.5 Å². The minimum Gasteiger partial charge on any atom is -0.331 e. The van der Waals surface area contributed by atoms with Gasteiger partial charge in [-0.3, -0.25) is 4.79 Å². The topological polar surface area (TPSA) is 20.3 Å². The van der Waals surface area contributed by atoms with Crippen LogP contribution in [0.5, 0.6) is 0 Å². The molecule has 1 atom stereocenters. The standard InChI is InChI=1S/C18H19NO/c1-2-3-11-16-14-17(20)18(12-7-8-13-19(16)18)15-9-5-4-6-10-15/h4-10,12-14H,2-3,11H2,1H3. The molecule has 2 nitrogen and oxygen atoms in total. The van der Waals surface area contributed by atoms with Gasteiger partial charge < -0.3 is 4.90 Å². The average molecular weight is 265 g/mol. The molecule has 0 radical (unpaired) electrons. The largest absolute Gasteiger partial charge is 0.331 e. The Morgan fingerprint density at radius 1 is 1.15 bits per heavy atom. The Kier molecular flexibility index (Phi) is 3.31. The van der Waals surface area contributed by atoms with Crippen molar-refractivity contribution in [3.05, 3.63) is 72.1 Å². The molecule has 2 heteroatoms. The number of hydrogen-bond acceptors (Lipinski definition) is 2. The van der Waals surface area contributed by atoms with Gasteiger partial charge in [0.15, 0.2) is 11.3 Å². The van der Waals surface area contributed by atoms with Gasteiger partial charge in [0.1, 0.15) is 0 Å². The van der Waals surface area contributed by atoms with E-state index >= 15 is 0 Å². The predicted octanol–water partition coefficient (Wildman–Crippen LogP) is 3.92. The summed E-state index contributed by atoms with van der Waals surface area (Å²) in [6.45, 7) is 2.17. The minimum atomic E-state index is -0.654. The van der Waals surface area contributed by atoms with Crippen LogP contribution in [0, 0.1) is 0 Å². The Hall–Kier alpha value is -2.09. The first-order chi connectivity index (χ1) is 9.79. The van der Waals surface area contributed by atoms with Crippen LogP contribution in [-0.2, 0) is 10.3 Å². The van der Waals surface area contributed by atoms with Crippen LogP contribution < -0.4 is 0 Å². The zero-order valence-electron chi connectivity index (χ0n) is 11.8. The minimum absolute atomic E-state index is 0.162. The van der Waals surface area contributed by atoms with E-state index in [4.69, 9.17) is 0 Å². The molecule has 0 spiro atoms. The number of benzene rings is 1. The van der Waals surface area contributed by atoms with Gasteiger partial charge in [0.25, 0.3) is 0 Å². The van der Waals surface area contributed by atoms with E-state index in [1.165, 1.54) is 0 Å². The smallest absolute Gasteiger partial charge is 0.191 e. The number of ketones is 1. The molecule has 20 heavy (non-hydrogen) atoms. The van der Waals surface area contributed by atoms with Crippen molar-refractivity contribution >= 4 is 5.78 Å². The van der Waals surface area contributed by atoms with Crippen molar-refractivity contribution in [2.75, 3.05) is 0 Å². The van der Waals surface area contributed by atoms with Crippen molar-refractivity contribution in [2.24, 2.45) is 0 Å². The molecule has 0 amide bonds. The monoisotopic (exact) mass is 265 g/mol. The maximum absolute atomic E-state index is 12.7. The lowest BCUT2D eigenvalue weighted by atomic mass is 9.84. The van der Waals surface area contributed by atoms with Crippen molar-refractivity contribution in [1.29, 1.82) is 0 Å². The average Bonchev–Trinajstić information content (AvgIpc) is 2.80. The molecule has 2 heterocycles. The molecule has 1 aromatic carbocycles. The second-order valence-electron chi connectivity index (χ2n) is 5.31. The summed E-state index contributed by atoms with van der Waals surface area (Å²) in [5.41, 5.74) is 1.51. The zero-order chi connectivity index (χ0) is 14.0. The lowest BCUT2D eigenvalue weighted by molar-refractivity contribution is -0.120. The van der Waals surface area contributed by atoms with Gasteiger partial charge in [-0.15, -0.1) is 0 Å². The molecule has 0 aromatic heterocycles. The van der Waals surface area contributed by atoms with Gasteiger partial charge in [-0.1, -0.05) is 49.8 Å². The van der Waals surface area contributed by atoms with E-state index in [-0.39, 0.29) is 5.78 Å². The lowest BCUT2D eigenvalue weighted by Crippen LogP contribution is -2.43. The molecule has 0 aliphatic carbocycles. The van der Waals surface area contributed by atoms with Crippen molar-refractivity contribution < 1.29 is 4.79 Å². The first kappa shape index (κ1) is 12.9. The Balaban J connectivity index is 2.04. The fourth-order valence-electron chi connectivity index (χ4n) is 3.00. The molecule has 0 saturated heterocycles. The number of hydrogen-bond donors (Lipinski definition) is 0. The fraction of sp³-hybridized carbons (Fsp3) is 0.278. The Bertz CT molecular complexity index is 597. The van der Waals surface area contributed by atoms with Gasteiger partial charge in [-0.25, -0.2) is 0 Å². The molecule has 0 saturated carbocycles. The van der Waals surface area contributed by atoms with Crippen LogP contribution in [0.1, 0.15) is 31.7 Å². The van der Waals surface area contributed by atoms with Crippen LogP contribution in [-0.4, -0.2) is 10.7 Å². The zero-order valence-corrected chi connectivity index (χ0v) is 11.8. The summed E-state index contributed by atoms with van der Waals surface area (Å²) >= 11 is 0. The second-order valence-corrected chi connectivity index (χ2v) is 5.31. The van der Waals surface area contributed by atoms with Crippen LogP contribution in [0.25, 0.3) is 0 Å². The first-order valence-corrected chi connectivity index (χ1v) is 7.25. The Labute approximate surface area is 120 Å². The maximum atomic E-state index is 12.7. The number of carbonyl (C=O) groups excluding carboxylic acids is 1. The highest BCUT2D eigenvalue weighted by Crippen LogP contribution is 2.42. The third kappa shape index (κ3) is 1.83. The molecule has 0 bridgehead atoms. The summed E-state index contributed by atoms with van der Waals surface area (Å²) in [6, 6.07) is 10.0. The van der Waals surface area contributed by atoms with E-state index in [1.54, 1.807) is 0 Å². The molecule has 1 aromatic rings. The number of fused-ring (bicyclic) bond motifs is 1. The molecule has 0 fully saturated rings. The van der Waals surface area contributed by atoms with E-state index in [0.717, 1.165) is 30.5 Å². The van der Waals surface area contributed by atoms with Crippen LogP contribution in [0.2, 0.25) is 0 Å². The van der Waals surface area contributed by atoms with E-state index in [0.29, 0.717) is 0 Å². The third-order valence-corrected chi connectivity index (χ3v) is 4.05. The SMILES string of the molecule is CCCCC1=CC(=O)C2(c3ccccc3)C=CC=CN12. The van der Waals surface area contributed by atoms with E-state index < -0.39 is 5.54 Å². The molecule has 102 valence electrons. The van der Waals surface area contributed by atoms with E-state index in [2.05, 4.69) is 11.8 Å². The molecular weight excluding hydrogens is 246 g/mol. The van der Waals surface area contributed by atoms with Crippen molar-refractivity contribution in [3.8, 4) is 0 Å². The van der Waals surface area contributed by atoms with Crippen LogP contribution in [0.3, 0.4) is 0 Å². The third-order valence-electron chi connectivity index (χ3n) is 4.05. The van der Waals surface area contributed by atoms with Crippen LogP contribution in [0.4, 0.5) is 0 Å². The van der Waals surface area contributed by atoms with Gasteiger partial charge in [0.05, 0.1) is 0 Å². The van der Waals surface area contributed by atoms with Crippen molar-refractivity contribution in [2.45, 2.75) is 31.7 Å². The summed E-state index contributed by atoms with van der Waals surface area (Å²) < 4.78 is 0. The summed E-state index contributed by atoms with van der Waals surface area (Å²) in [7, 11) is 0. The summed E-state index contributed by atoms with van der Waals surface area (Å²) in [6.07, 6.45) is 13.0. The molecule has 2 aliphatic heterocycles. The maximum Gasteiger partial charge on any atom is 0.191 e. The first-order valence-electron chi connectivity index (χ1n) is 7.25. The fourth-order valence-corrected chi connectivity index (χ4v) is 3.00. The van der Waals surface area contributed by atoms with Crippen molar-refractivity contribution in [3.63, 3.8) is 0 Å². The predicted molar refractivity (Wildman–Crippen MR) is 80.9 cm³/mol. The number of unbranched alkanes of at least 4 members (excludes halogenated alkanes) is 1. The van der Waals surface area contributed by atoms with E-state index in [1.807, 2.05) is 60.8 Å². The number of carbonyl (C=O) groups is 1. The Morgan fingerprint density at radius 3 is 2.70 bits per heavy atom. The summed E-state index contributed by atoms with van der Waals surface area (Å²) in [5.74, 6) is 0.162. The summed E-state index contributed by atoms with van der Waals surface area (Å²) in [4.78, 5) is 14.8. The highest BCUT2D eigenvalue weighted by atomic mass is 16.1. The highest BCUT2D eigenvalue weighted by molar-refractivity contribution is 6.04. The quantitative estimate of drug-likeness (QED) is 0.822. The molecule has 3 rings (SSSR count). The van der Waals surface area contributed by atoms with Gasteiger partial charge in [-0.2, -0.15) is 0 Å². The molecular formula is C18H19NO. The van der Waals surface area contributed by atoms with Gasteiger partial charge in [-0.05, 0) is 30.6 Å². The molecule has 0 N–H and O–H groups in total. The molecule has 2 aliphatic rings. The van der Waals surface area contributed by atoms with E-state index in [9.17, 15) is 4.79 Å². The molecule has 1 unspecified atom stereocenters. The van der Waals surface area contributed by atoms with Gasteiger partial charge in [0, 0.05) is 18.0 Å². The summed E-state index contributed by atoms with van der Waals surface area (Å²) in [5, 5.41) is 0. The number of allylic oxidation sites excluding steroid dienone is 3. The lowest BCUT2D eigenvalue weighted by Gasteiger charge is -2.38. The number of nitrogens with zero attached hydrogens (tertiary/aromatic N) is 1. The van der Waals surface area contributed by atoms with Gasteiger partial charge in [0.2, 0.25) is 0 Å². The Morgan fingerprint density at radius 2 is 1.95 bits per heavy atom. The normalized spacial score (nSPS) is 23.9. The van der Waals surface area contributed by atoms with Crippen LogP contribution >= 0.6 is 0 Å². The second kappa shape index (κ2) is 5.12. The van der Waals surface area contributed by atoms with Gasteiger partial charge >= 0.3 is 0 Å². The van der Waals surface area contributed by atoms with Crippen molar-refractivity contribution in [1.82, 2.24) is 4.90 Å². The highest BCUT2D eigenvalue weighted by Gasteiger charge is 2.47.